The fourth-order valence-corrected chi connectivity index (χ4v) is 3.26. The zero-order valence-electron chi connectivity index (χ0n) is 17.2. The van der Waals surface area contributed by atoms with E-state index in [-0.39, 0.29) is 18.9 Å². The van der Waals surface area contributed by atoms with Crippen LogP contribution in [0.3, 0.4) is 0 Å². The van der Waals surface area contributed by atoms with E-state index in [2.05, 4.69) is 15.4 Å². The van der Waals surface area contributed by atoms with Crippen molar-refractivity contribution in [2.24, 2.45) is 11.8 Å². The predicted octanol–water partition coefficient (Wildman–Crippen LogP) is 1.42. The molecule has 11 heteroatoms. The van der Waals surface area contributed by atoms with Crippen LogP contribution < -0.4 is 10.6 Å². The number of ether oxygens (including phenoxy) is 1. The molecule has 1 heterocycles. The molecule has 0 saturated carbocycles. The van der Waals surface area contributed by atoms with Gasteiger partial charge in [-0.3, -0.25) is 9.59 Å². The van der Waals surface area contributed by atoms with Crippen LogP contribution in [-0.4, -0.2) is 72.0 Å². The van der Waals surface area contributed by atoms with Gasteiger partial charge >= 0.3 is 12.3 Å². The molecule has 4 atom stereocenters. The molecule has 3 N–H and O–H groups in total. The monoisotopic (exact) mass is 425 g/mol. The molecular formula is C18H30F3N3O5. The van der Waals surface area contributed by atoms with Crippen LogP contribution in [-0.2, 0) is 14.3 Å². The first kappa shape index (κ1) is 25.0. The normalized spacial score (nSPS) is 20.4. The molecule has 168 valence electrons. The number of hydrogen-bond donors (Lipinski definition) is 3. The number of hydrogen-bond acceptors (Lipinski definition) is 5. The second kappa shape index (κ2) is 10.1. The molecule has 1 aliphatic rings. The number of amides is 3. The fraction of sp³-hybridized carbons (Fsp3) is 0.833. The molecule has 0 aromatic heterocycles. The van der Waals surface area contributed by atoms with Crippen molar-refractivity contribution in [1.29, 1.82) is 0 Å². The Morgan fingerprint density at radius 2 is 1.69 bits per heavy atom. The number of likely N-dealkylation sites (tertiary alicyclic amines) is 1. The highest BCUT2D eigenvalue weighted by molar-refractivity contribution is 5.92. The number of nitrogens with one attached hydrogen (secondary N) is 2. The molecule has 3 amide bonds. The zero-order chi connectivity index (χ0) is 22.5. The molecule has 0 bridgehead atoms. The van der Waals surface area contributed by atoms with E-state index in [1.54, 1.807) is 13.8 Å². The standard InChI is InChI=1S/C18H30F3N3O5/c1-9(2)12(14(25)18(19,20)21)22-15(26)11-7-6-8-24(11)16(27)13(10(3)4)23-17(28)29-5/h9-14,25H,6-8H2,1-5H3,(H,22,26)(H,23,28)/t11?,12?,13-,14?/m0/s1. The Morgan fingerprint density at radius 3 is 2.14 bits per heavy atom. The molecule has 1 rings (SSSR count). The largest absolute Gasteiger partial charge is 0.453 e. The van der Waals surface area contributed by atoms with E-state index in [4.69, 9.17) is 0 Å². The summed E-state index contributed by atoms with van der Waals surface area (Å²) in [6.07, 6.45) is -7.65. The van der Waals surface area contributed by atoms with Gasteiger partial charge in [-0.05, 0) is 24.7 Å². The lowest BCUT2D eigenvalue weighted by atomic mass is 9.97. The van der Waals surface area contributed by atoms with Crippen molar-refractivity contribution < 1.29 is 37.4 Å². The Labute approximate surface area is 168 Å². The van der Waals surface area contributed by atoms with Crippen molar-refractivity contribution in [3.8, 4) is 0 Å². The third-order valence-corrected chi connectivity index (χ3v) is 4.93. The minimum Gasteiger partial charge on any atom is -0.453 e. The first-order valence-electron chi connectivity index (χ1n) is 9.51. The molecule has 1 saturated heterocycles. The summed E-state index contributed by atoms with van der Waals surface area (Å²) in [4.78, 5) is 38.4. The first-order valence-corrected chi connectivity index (χ1v) is 9.51. The predicted molar refractivity (Wildman–Crippen MR) is 97.7 cm³/mol. The molecule has 0 aromatic carbocycles. The minimum absolute atomic E-state index is 0.233. The van der Waals surface area contributed by atoms with Crippen LogP contribution in [0, 0.1) is 11.8 Å². The number of methoxy groups -OCH3 is 1. The van der Waals surface area contributed by atoms with Gasteiger partial charge in [0.05, 0.1) is 13.2 Å². The molecule has 29 heavy (non-hydrogen) atoms. The van der Waals surface area contributed by atoms with E-state index in [9.17, 15) is 32.7 Å². The second-order valence-corrected chi connectivity index (χ2v) is 7.81. The summed E-state index contributed by atoms with van der Waals surface area (Å²) >= 11 is 0. The van der Waals surface area contributed by atoms with Crippen molar-refractivity contribution in [3.05, 3.63) is 0 Å². The summed E-state index contributed by atoms with van der Waals surface area (Å²) in [6, 6.07) is -3.48. The van der Waals surface area contributed by atoms with E-state index in [0.717, 1.165) is 7.11 Å². The number of rotatable bonds is 7. The van der Waals surface area contributed by atoms with Gasteiger partial charge in [0.25, 0.3) is 0 Å². The van der Waals surface area contributed by atoms with Gasteiger partial charge in [-0.15, -0.1) is 0 Å². The van der Waals surface area contributed by atoms with Crippen LogP contribution in [0.4, 0.5) is 18.0 Å². The molecule has 0 aromatic rings. The van der Waals surface area contributed by atoms with Gasteiger partial charge in [-0.25, -0.2) is 4.79 Å². The highest BCUT2D eigenvalue weighted by Gasteiger charge is 2.46. The highest BCUT2D eigenvalue weighted by atomic mass is 19.4. The number of aliphatic hydroxyl groups is 1. The summed E-state index contributed by atoms with van der Waals surface area (Å²) < 4.78 is 43.3. The number of alkyl halides is 3. The number of nitrogens with zero attached hydrogens (tertiary/aromatic N) is 1. The maximum Gasteiger partial charge on any atom is 0.416 e. The molecule has 8 nitrogen and oxygen atoms in total. The van der Waals surface area contributed by atoms with E-state index >= 15 is 0 Å². The van der Waals surface area contributed by atoms with Crippen molar-refractivity contribution >= 4 is 17.9 Å². The Kier molecular flexibility index (Phi) is 8.73. The third-order valence-electron chi connectivity index (χ3n) is 4.93. The molecule has 0 spiro atoms. The van der Waals surface area contributed by atoms with E-state index in [0.29, 0.717) is 6.42 Å². The Bertz CT molecular complexity index is 598. The summed E-state index contributed by atoms with van der Waals surface area (Å²) in [5, 5.41) is 14.3. The van der Waals surface area contributed by atoms with Gasteiger partial charge in [-0.2, -0.15) is 13.2 Å². The Hall–Kier alpha value is -2.04. The van der Waals surface area contributed by atoms with Crippen molar-refractivity contribution in [2.75, 3.05) is 13.7 Å². The SMILES string of the molecule is COC(=O)N[C@H](C(=O)N1CCCC1C(=O)NC(C(C)C)C(O)C(F)(F)F)C(C)C. The van der Waals surface area contributed by atoms with Gasteiger partial charge in [0, 0.05) is 6.54 Å². The second-order valence-electron chi connectivity index (χ2n) is 7.81. The zero-order valence-corrected chi connectivity index (χ0v) is 17.2. The van der Waals surface area contributed by atoms with E-state index in [1.165, 1.54) is 18.7 Å². The molecule has 3 unspecified atom stereocenters. The fourth-order valence-electron chi connectivity index (χ4n) is 3.26. The molecule has 1 aliphatic heterocycles. The number of aliphatic hydroxyl groups excluding tert-OH is 1. The molecule has 0 radical (unpaired) electrons. The third kappa shape index (κ3) is 6.48. The topological polar surface area (TPSA) is 108 Å². The highest BCUT2D eigenvalue weighted by Crippen LogP contribution is 2.26. The quantitative estimate of drug-likeness (QED) is 0.572. The van der Waals surface area contributed by atoms with Gasteiger partial charge in [0.15, 0.2) is 6.10 Å². The first-order chi connectivity index (χ1) is 13.3. The lowest BCUT2D eigenvalue weighted by Crippen LogP contribution is -2.59. The van der Waals surface area contributed by atoms with Gasteiger partial charge < -0.3 is 25.4 Å². The van der Waals surface area contributed by atoms with Crippen molar-refractivity contribution in [3.63, 3.8) is 0 Å². The van der Waals surface area contributed by atoms with Crippen LogP contribution >= 0.6 is 0 Å². The molecule has 0 aliphatic carbocycles. The van der Waals surface area contributed by atoms with Crippen LogP contribution in [0.2, 0.25) is 0 Å². The Morgan fingerprint density at radius 1 is 1.10 bits per heavy atom. The maximum absolute atomic E-state index is 12.9. The van der Waals surface area contributed by atoms with Crippen LogP contribution in [0.25, 0.3) is 0 Å². The Balaban J connectivity index is 2.97. The number of carbonyl (C=O) groups is 3. The van der Waals surface area contributed by atoms with E-state index in [1.807, 2.05) is 0 Å². The lowest BCUT2D eigenvalue weighted by Gasteiger charge is -2.33. The summed E-state index contributed by atoms with van der Waals surface area (Å²) in [7, 11) is 1.15. The summed E-state index contributed by atoms with van der Waals surface area (Å²) in [5.74, 6) is -2.27. The molecular weight excluding hydrogens is 395 g/mol. The minimum atomic E-state index is -4.89. The summed E-state index contributed by atoms with van der Waals surface area (Å²) in [6.45, 7) is 6.55. The van der Waals surface area contributed by atoms with Crippen LogP contribution in [0.5, 0.6) is 0 Å². The average Bonchev–Trinajstić information content (AvgIpc) is 3.11. The van der Waals surface area contributed by atoms with Crippen molar-refractivity contribution in [2.45, 2.75) is 70.9 Å². The van der Waals surface area contributed by atoms with Gasteiger partial charge in [0.2, 0.25) is 11.8 Å². The van der Waals surface area contributed by atoms with E-state index < -0.39 is 54.2 Å². The summed E-state index contributed by atoms with van der Waals surface area (Å²) in [5.41, 5.74) is 0. The van der Waals surface area contributed by atoms with Crippen LogP contribution in [0.15, 0.2) is 0 Å². The maximum atomic E-state index is 12.9. The smallest absolute Gasteiger partial charge is 0.416 e. The lowest BCUT2D eigenvalue weighted by molar-refractivity contribution is -0.215. The van der Waals surface area contributed by atoms with Gasteiger partial charge in [-0.1, -0.05) is 27.7 Å². The average molecular weight is 425 g/mol. The van der Waals surface area contributed by atoms with Crippen LogP contribution in [0.1, 0.15) is 40.5 Å². The van der Waals surface area contributed by atoms with Crippen molar-refractivity contribution in [1.82, 2.24) is 15.5 Å². The van der Waals surface area contributed by atoms with Gasteiger partial charge in [0.1, 0.15) is 12.1 Å². The number of carbonyl (C=O) groups excluding carboxylic acids is 3. The molecule has 1 fully saturated rings. The number of halogens is 3. The number of alkyl carbamates (subject to hydrolysis) is 1.